The zero-order valence-electron chi connectivity index (χ0n) is 16.0. The zero-order valence-corrected chi connectivity index (χ0v) is 16.9. The Balaban J connectivity index is 0.00000243. The van der Waals surface area contributed by atoms with Crippen molar-refractivity contribution in [1.29, 1.82) is 0 Å². The van der Waals surface area contributed by atoms with Crippen LogP contribution in [0.5, 0.6) is 0 Å². The number of halogens is 1. The van der Waals surface area contributed by atoms with E-state index in [1.807, 2.05) is 11.0 Å². The molecule has 0 radical (unpaired) electrons. The molecule has 2 N–H and O–H groups in total. The Hall–Kier alpha value is -1.78. The summed E-state index contributed by atoms with van der Waals surface area (Å²) in [6.07, 6.45) is 0.942. The van der Waals surface area contributed by atoms with Crippen molar-refractivity contribution in [3.8, 4) is 11.3 Å². The lowest BCUT2D eigenvalue weighted by atomic mass is 9.86. The first-order valence-corrected chi connectivity index (χ1v) is 8.92. The predicted octanol–water partition coefficient (Wildman–Crippen LogP) is 4.48. The minimum Gasteiger partial charge on any atom is -0.451 e. The van der Waals surface area contributed by atoms with Crippen molar-refractivity contribution < 1.29 is 9.21 Å². The molecule has 1 aromatic carbocycles. The van der Waals surface area contributed by atoms with Gasteiger partial charge in [-0.1, -0.05) is 52.0 Å². The molecule has 4 nitrogen and oxygen atoms in total. The largest absolute Gasteiger partial charge is 0.451 e. The van der Waals surface area contributed by atoms with Crippen molar-refractivity contribution in [2.75, 3.05) is 19.6 Å². The van der Waals surface area contributed by atoms with Crippen molar-refractivity contribution in [2.45, 2.75) is 39.5 Å². The highest BCUT2D eigenvalue weighted by molar-refractivity contribution is 5.92. The van der Waals surface area contributed by atoms with Crippen LogP contribution in [0.4, 0.5) is 0 Å². The van der Waals surface area contributed by atoms with Gasteiger partial charge in [0.1, 0.15) is 5.76 Å². The van der Waals surface area contributed by atoms with E-state index in [9.17, 15) is 4.79 Å². The van der Waals surface area contributed by atoms with Crippen LogP contribution in [-0.4, -0.2) is 30.4 Å². The van der Waals surface area contributed by atoms with Gasteiger partial charge in [0.25, 0.3) is 5.91 Å². The van der Waals surface area contributed by atoms with Gasteiger partial charge in [-0.25, -0.2) is 0 Å². The Morgan fingerprint density at radius 2 is 1.85 bits per heavy atom. The van der Waals surface area contributed by atoms with Crippen molar-refractivity contribution >= 4 is 18.3 Å². The molecule has 1 amide bonds. The van der Waals surface area contributed by atoms with Gasteiger partial charge in [-0.3, -0.25) is 4.79 Å². The minimum atomic E-state index is -0.0465. The molecule has 3 rings (SSSR count). The van der Waals surface area contributed by atoms with E-state index >= 15 is 0 Å². The van der Waals surface area contributed by atoms with E-state index in [2.05, 4.69) is 52.0 Å². The molecule has 0 bridgehead atoms. The van der Waals surface area contributed by atoms with E-state index in [0.29, 0.717) is 18.8 Å². The lowest BCUT2D eigenvalue weighted by molar-refractivity contribution is 0.0746. The fourth-order valence-corrected chi connectivity index (χ4v) is 3.26. The smallest absolute Gasteiger partial charge is 0.289 e. The quantitative estimate of drug-likeness (QED) is 0.859. The number of likely N-dealkylation sites (tertiary alicyclic amines) is 1. The molecule has 1 aromatic heterocycles. The Kier molecular flexibility index (Phi) is 5.89. The molecule has 0 aliphatic carbocycles. The first-order valence-electron chi connectivity index (χ1n) is 8.92. The monoisotopic (exact) mass is 376 g/mol. The molecular weight excluding hydrogens is 348 g/mol. The standard InChI is InChI=1S/C21H28N2O2.ClH/c1-20(2,3)16-7-5-15(6-8-16)17-9-10-18(25-17)19(24)23-12-11-21(4,13-22)14-23;/h5-10H,11-14,22H2,1-4H3;1H. The third-order valence-corrected chi connectivity index (χ3v) is 5.19. The Morgan fingerprint density at radius 1 is 1.19 bits per heavy atom. The minimum absolute atomic E-state index is 0. The highest BCUT2D eigenvalue weighted by atomic mass is 35.5. The van der Waals surface area contributed by atoms with Crippen LogP contribution >= 0.6 is 12.4 Å². The Morgan fingerprint density at radius 3 is 2.38 bits per heavy atom. The van der Waals surface area contributed by atoms with Gasteiger partial charge in [0.05, 0.1) is 0 Å². The summed E-state index contributed by atoms with van der Waals surface area (Å²) in [7, 11) is 0. The molecule has 0 spiro atoms. The van der Waals surface area contributed by atoms with Crippen LogP contribution < -0.4 is 5.73 Å². The number of nitrogens with zero attached hydrogens (tertiary/aromatic N) is 1. The fraction of sp³-hybridized carbons (Fsp3) is 0.476. The number of rotatable bonds is 3. The number of hydrogen-bond acceptors (Lipinski definition) is 3. The van der Waals surface area contributed by atoms with E-state index in [4.69, 9.17) is 10.2 Å². The normalized spacial score (nSPS) is 20.1. The van der Waals surface area contributed by atoms with Gasteiger partial charge in [0, 0.05) is 18.7 Å². The average Bonchev–Trinajstić information content (AvgIpc) is 3.21. The van der Waals surface area contributed by atoms with E-state index in [0.717, 1.165) is 24.3 Å². The van der Waals surface area contributed by atoms with Crippen LogP contribution in [0, 0.1) is 5.41 Å². The van der Waals surface area contributed by atoms with Gasteiger partial charge in [-0.15, -0.1) is 12.4 Å². The predicted molar refractivity (Wildman–Crippen MR) is 108 cm³/mol. The second-order valence-corrected chi connectivity index (χ2v) is 8.48. The number of hydrogen-bond donors (Lipinski definition) is 1. The molecule has 26 heavy (non-hydrogen) atoms. The van der Waals surface area contributed by atoms with Crippen molar-refractivity contribution in [3.63, 3.8) is 0 Å². The second-order valence-electron chi connectivity index (χ2n) is 8.48. The van der Waals surface area contributed by atoms with Crippen molar-refractivity contribution in [3.05, 3.63) is 47.7 Å². The summed E-state index contributed by atoms with van der Waals surface area (Å²) in [5, 5.41) is 0. The number of carbonyl (C=O) groups is 1. The summed E-state index contributed by atoms with van der Waals surface area (Å²) in [5.74, 6) is 1.08. The number of nitrogens with two attached hydrogens (primary N) is 1. The summed E-state index contributed by atoms with van der Waals surface area (Å²) in [6, 6.07) is 12.0. The third kappa shape index (κ3) is 4.13. The summed E-state index contributed by atoms with van der Waals surface area (Å²) >= 11 is 0. The number of benzene rings is 1. The van der Waals surface area contributed by atoms with Crippen LogP contribution in [0.1, 0.15) is 50.2 Å². The second kappa shape index (κ2) is 7.45. The molecule has 1 saturated heterocycles. The maximum atomic E-state index is 12.7. The molecule has 1 fully saturated rings. The van der Waals surface area contributed by atoms with Gasteiger partial charge in [0.2, 0.25) is 0 Å². The third-order valence-electron chi connectivity index (χ3n) is 5.19. The lowest BCUT2D eigenvalue weighted by Crippen LogP contribution is -2.34. The number of furan rings is 1. The van der Waals surface area contributed by atoms with Gasteiger partial charge in [-0.2, -0.15) is 0 Å². The SMILES string of the molecule is CC1(CN)CCN(C(=O)c2ccc(-c3ccc(C(C)(C)C)cc3)o2)C1.Cl. The maximum absolute atomic E-state index is 12.7. The van der Waals surface area contributed by atoms with Gasteiger partial charge < -0.3 is 15.1 Å². The molecule has 0 saturated carbocycles. The zero-order chi connectivity index (χ0) is 18.2. The van der Waals surface area contributed by atoms with E-state index < -0.39 is 0 Å². The highest BCUT2D eigenvalue weighted by Crippen LogP contribution is 2.31. The highest BCUT2D eigenvalue weighted by Gasteiger charge is 2.36. The van der Waals surface area contributed by atoms with Crippen molar-refractivity contribution in [1.82, 2.24) is 4.90 Å². The van der Waals surface area contributed by atoms with Crippen molar-refractivity contribution in [2.24, 2.45) is 11.1 Å². The van der Waals surface area contributed by atoms with E-state index in [-0.39, 0.29) is 29.1 Å². The van der Waals surface area contributed by atoms with Crippen LogP contribution in [0.3, 0.4) is 0 Å². The molecule has 142 valence electrons. The van der Waals surface area contributed by atoms with E-state index in [1.54, 1.807) is 6.07 Å². The number of carbonyl (C=O) groups excluding carboxylic acids is 1. The fourth-order valence-electron chi connectivity index (χ4n) is 3.26. The topological polar surface area (TPSA) is 59.5 Å². The molecule has 1 aliphatic rings. The first kappa shape index (κ1) is 20.5. The van der Waals surface area contributed by atoms with Gasteiger partial charge >= 0.3 is 0 Å². The summed E-state index contributed by atoms with van der Waals surface area (Å²) in [6.45, 7) is 10.7. The van der Waals surface area contributed by atoms with E-state index in [1.165, 1.54) is 5.56 Å². The van der Waals surface area contributed by atoms with Gasteiger partial charge in [-0.05, 0) is 41.5 Å². The molecule has 2 aromatic rings. The van der Waals surface area contributed by atoms with Crippen LogP contribution in [0.15, 0.2) is 40.8 Å². The van der Waals surface area contributed by atoms with Crippen LogP contribution in [0.25, 0.3) is 11.3 Å². The maximum Gasteiger partial charge on any atom is 0.289 e. The summed E-state index contributed by atoms with van der Waals surface area (Å²) < 4.78 is 5.85. The lowest BCUT2D eigenvalue weighted by Gasteiger charge is -2.21. The molecule has 5 heteroatoms. The first-order chi connectivity index (χ1) is 11.7. The number of amides is 1. The Labute approximate surface area is 162 Å². The average molecular weight is 377 g/mol. The summed E-state index contributed by atoms with van der Waals surface area (Å²) in [4.78, 5) is 14.5. The summed E-state index contributed by atoms with van der Waals surface area (Å²) in [5.41, 5.74) is 8.23. The van der Waals surface area contributed by atoms with Crippen LogP contribution in [-0.2, 0) is 5.41 Å². The Bertz CT molecular complexity index is 761. The molecule has 1 aliphatic heterocycles. The molecule has 1 unspecified atom stereocenters. The molecule has 1 atom stereocenters. The van der Waals surface area contributed by atoms with Gasteiger partial charge in [0.15, 0.2) is 5.76 Å². The molecule has 2 heterocycles. The molecular formula is C21H29ClN2O2. The van der Waals surface area contributed by atoms with Crippen LogP contribution in [0.2, 0.25) is 0 Å².